The first kappa shape index (κ1) is 22.4. The Morgan fingerprint density at radius 1 is 0.871 bits per heavy atom. The molecule has 0 amide bonds. The largest absolute Gasteiger partial charge is 0.497 e. The van der Waals surface area contributed by atoms with Crippen molar-refractivity contribution >= 4 is 0 Å². The molecule has 1 nitrogen and oxygen atoms in total. The van der Waals surface area contributed by atoms with E-state index in [4.69, 9.17) is 4.74 Å². The van der Waals surface area contributed by atoms with E-state index in [1.165, 1.54) is 76.2 Å². The van der Waals surface area contributed by atoms with Crippen LogP contribution in [0.25, 0.3) is 11.1 Å². The molecule has 0 saturated heterocycles. The topological polar surface area (TPSA) is 9.23 Å². The van der Waals surface area contributed by atoms with E-state index in [0.29, 0.717) is 11.5 Å². The van der Waals surface area contributed by atoms with Gasteiger partial charge in [0.2, 0.25) is 0 Å². The molecule has 31 heavy (non-hydrogen) atoms. The SMILES string of the molecule is CCCCCCC1CCC2CC(c3ccc(-c4ccc(OC)cc4)c(F)c3)CCC2C1. The van der Waals surface area contributed by atoms with Crippen LogP contribution in [0.5, 0.6) is 5.75 Å². The number of halogens is 1. The number of unbranched alkanes of at least 4 members (excludes halogenated alkanes) is 3. The average Bonchev–Trinajstić information content (AvgIpc) is 2.81. The zero-order valence-corrected chi connectivity index (χ0v) is 19.4. The van der Waals surface area contributed by atoms with E-state index < -0.39 is 0 Å². The third kappa shape index (κ3) is 5.51. The molecule has 0 spiro atoms. The van der Waals surface area contributed by atoms with Crippen LogP contribution in [0.1, 0.15) is 89.0 Å². The standard InChI is InChI=1S/C29H39FO/c1-3-4-5-6-7-21-8-9-24-19-25(11-10-23(24)18-21)26-14-17-28(29(30)20-26)22-12-15-27(31-2)16-13-22/h12-17,20-21,23-25H,3-11,18-19H2,1-2H3. The maximum Gasteiger partial charge on any atom is 0.131 e. The van der Waals surface area contributed by atoms with E-state index in [0.717, 1.165) is 29.1 Å². The molecular formula is C29H39FO. The summed E-state index contributed by atoms with van der Waals surface area (Å²) in [6, 6.07) is 13.6. The van der Waals surface area contributed by atoms with Crippen LogP contribution in [-0.4, -0.2) is 7.11 Å². The van der Waals surface area contributed by atoms with Crippen molar-refractivity contribution in [1.29, 1.82) is 0 Å². The summed E-state index contributed by atoms with van der Waals surface area (Å²) in [5.74, 6) is 3.98. The summed E-state index contributed by atoms with van der Waals surface area (Å²) >= 11 is 0. The highest BCUT2D eigenvalue weighted by atomic mass is 19.1. The molecule has 2 aliphatic carbocycles. The molecule has 2 saturated carbocycles. The number of fused-ring (bicyclic) bond motifs is 1. The zero-order valence-electron chi connectivity index (χ0n) is 19.4. The predicted molar refractivity (Wildman–Crippen MR) is 128 cm³/mol. The molecule has 0 radical (unpaired) electrons. The Balaban J connectivity index is 1.35. The second-order valence-corrected chi connectivity index (χ2v) is 10.0. The molecule has 2 aromatic carbocycles. The Morgan fingerprint density at radius 3 is 2.39 bits per heavy atom. The molecule has 0 bridgehead atoms. The Bertz CT molecular complexity index is 827. The average molecular weight is 423 g/mol. The van der Waals surface area contributed by atoms with Crippen molar-refractivity contribution in [2.24, 2.45) is 17.8 Å². The van der Waals surface area contributed by atoms with Gasteiger partial charge in [-0.15, -0.1) is 0 Å². The molecular weight excluding hydrogens is 383 g/mol. The number of ether oxygens (including phenoxy) is 1. The van der Waals surface area contributed by atoms with Crippen LogP contribution in [-0.2, 0) is 0 Å². The third-order valence-corrected chi connectivity index (χ3v) is 8.05. The molecule has 2 aliphatic rings. The van der Waals surface area contributed by atoms with E-state index in [9.17, 15) is 4.39 Å². The van der Waals surface area contributed by atoms with Gasteiger partial charge in [-0.25, -0.2) is 4.39 Å². The first-order valence-electron chi connectivity index (χ1n) is 12.6. The van der Waals surface area contributed by atoms with E-state index in [1.807, 2.05) is 36.4 Å². The van der Waals surface area contributed by atoms with E-state index in [1.54, 1.807) is 7.11 Å². The van der Waals surface area contributed by atoms with Crippen LogP contribution in [0.2, 0.25) is 0 Å². The molecule has 2 aromatic rings. The van der Waals surface area contributed by atoms with Gasteiger partial charge in [0.15, 0.2) is 0 Å². The minimum atomic E-state index is -0.0967. The lowest BCUT2D eigenvalue weighted by atomic mass is 9.63. The van der Waals surface area contributed by atoms with Gasteiger partial charge in [-0.05, 0) is 85.1 Å². The van der Waals surface area contributed by atoms with Gasteiger partial charge >= 0.3 is 0 Å². The van der Waals surface area contributed by atoms with Crippen molar-refractivity contribution in [2.75, 3.05) is 7.11 Å². The molecule has 2 fully saturated rings. The summed E-state index contributed by atoms with van der Waals surface area (Å²) in [6.45, 7) is 2.29. The van der Waals surface area contributed by atoms with Crippen molar-refractivity contribution < 1.29 is 9.13 Å². The van der Waals surface area contributed by atoms with Crippen molar-refractivity contribution in [3.8, 4) is 16.9 Å². The lowest BCUT2D eigenvalue weighted by Crippen LogP contribution is -2.30. The fourth-order valence-corrected chi connectivity index (χ4v) is 6.20. The van der Waals surface area contributed by atoms with Crippen molar-refractivity contribution in [2.45, 2.75) is 83.5 Å². The highest BCUT2D eigenvalue weighted by Gasteiger charge is 2.35. The van der Waals surface area contributed by atoms with E-state index in [2.05, 4.69) is 13.0 Å². The molecule has 4 unspecified atom stereocenters. The molecule has 0 heterocycles. The van der Waals surface area contributed by atoms with Crippen LogP contribution in [0.15, 0.2) is 42.5 Å². The molecule has 2 heteroatoms. The molecule has 0 aliphatic heterocycles. The number of hydrogen-bond acceptors (Lipinski definition) is 1. The summed E-state index contributed by atoms with van der Waals surface area (Å²) in [5, 5.41) is 0. The Kier molecular flexibility index (Phi) is 7.69. The predicted octanol–water partition coefficient (Wildman–Crippen LogP) is 8.77. The summed E-state index contributed by atoms with van der Waals surface area (Å²) < 4.78 is 20.2. The molecule has 4 atom stereocenters. The zero-order chi connectivity index (χ0) is 21.6. The summed E-state index contributed by atoms with van der Waals surface area (Å²) in [6.07, 6.45) is 15.1. The molecule has 4 rings (SSSR count). The van der Waals surface area contributed by atoms with Gasteiger partial charge in [-0.3, -0.25) is 0 Å². The monoisotopic (exact) mass is 422 g/mol. The second kappa shape index (κ2) is 10.7. The van der Waals surface area contributed by atoms with Crippen LogP contribution in [0.3, 0.4) is 0 Å². The summed E-state index contributed by atoms with van der Waals surface area (Å²) in [7, 11) is 1.65. The van der Waals surface area contributed by atoms with E-state index in [-0.39, 0.29) is 5.82 Å². The van der Waals surface area contributed by atoms with Gasteiger partial charge in [0, 0.05) is 5.56 Å². The summed E-state index contributed by atoms with van der Waals surface area (Å²) in [5.41, 5.74) is 2.80. The van der Waals surface area contributed by atoms with Gasteiger partial charge in [-0.2, -0.15) is 0 Å². The fraction of sp³-hybridized carbons (Fsp3) is 0.586. The minimum absolute atomic E-state index is 0.0967. The van der Waals surface area contributed by atoms with Gasteiger partial charge in [0.1, 0.15) is 11.6 Å². The number of methoxy groups -OCH3 is 1. The van der Waals surface area contributed by atoms with Crippen molar-refractivity contribution in [1.82, 2.24) is 0 Å². The molecule has 0 N–H and O–H groups in total. The Morgan fingerprint density at radius 2 is 1.65 bits per heavy atom. The number of rotatable bonds is 8. The Hall–Kier alpha value is -1.83. The number of hydrogen-bond donors (Lipinski definition) is 0. The van der Waals surface area contributed by atoms with Crippen LogP contribution < -0.4 is 4.74 Å². The highest BCUT2D eigenvalue weighted by Crippen LogP contribution is 2.48. The van der Waals surface area contributed by atoms with Crippen molar-refractivity contribution in [3.05, 3.63) is 53.8 Å². The number of benzene rings is 2. The van der Waals surface area contributed by atoms with Gasteiger partial charge in [0.05, 0.1) is 7.11 Å². The lowest BCUT2D eigenvalue weighted by Gasteiger charge is -2.42. The fourth-order valence-electron chi connectivity index (χ4n) is 6.20. The van der Waals surface area contributed by atoms with Crippen LogP contribution in [0, 0.1) is 23.6 Å². The second-order valence-electron chi connectivity index (χ2n) is 10.0. The summed E-state index contributed by atoms with van der Waals surface area (Å²) in [4.78, 5) is 0. The van der Waals surface area contributed by atoms with E-state index >= 15 is 0 Å². The normalized spacial score (nSPS) is 25.8. The third-order valence-electron chi connectivity index (χ3n) is 8.05. The quantitative estimate of drug-likeness (QED) is 0.386. The van der Waals surface area contributed by atoms with Gasteiger partial charge in [0.25, 0.3) is 0 Å². The molecule has 0 aromatic heterocycles. The highest BCUT2D eigenvalue weighted by molar-refractivity contribution is 5.65. The van der Waals surface area contributed by atoms with Crippen molar-refractivity contribution in [3.63, 3.8) is 0 Å². The van der Waals surface area contributed by atoms with Gasteiger partial charge in [-0.1, -0.05) is 69.7 Å². The Labute approximate surface area is 188 Å². The first-order chi connectivity index (χ1) is 15.2. The van der Waals surface area contributed by atoms with Crippen LogP contribution in [0.4, 0.5) is 4.39 Å². The lowest BCUT2D eigenvalue weighted by molar-refractivity contribution is 0.113. The maximum atomic E-state index is 15.0. The van der Waals surface area contributed by atoms with Crippen LogP contribution >= 0.6 is 0 Å². The van der Waals surface area contributed by atoms with Gasteiger partial charge < -0.3 is 4.74 Å². The molecule has 168 valence electrons. The first-order valence-corrected chi connectivity index (χ1v) is 12.6. The minimum Gasteiger partial charge on any atom is -0.497 e. The maximum absolute atomic E-state index is 15.0. The smallest absolute Gasteiger partial charge is 0.131 e.